The Morgan fingerprint density at radius 1 is 1.38 bits per heavy atom. The second kappa shape index (κ2) is 3.73. The van der Waals surface area contributed by atoms with Crippen LogP contribution in [-0.2, 0) is 4.79 Å². The van der Waals surface area contributed by atoms with Crippen molar-refractivity contribution < 1.29 is 4.79 Å². The number of allylic oxidation sites excluding steroid dienone is 6. The Hall–Kier alpha value is -1.11. The summed E-state index contributed by atoms with van der Waals surface area (Å²) in [5, 5.41) is 0. The summed E-state index contributed by atoms with van der Waals surface area (Å²) in [5.74, 6) is 1.33. The molecule has 1 saturated carbocycles. The van der Waals surface area contributed by atoms with Crippen LogP contribution in [0.2, 0.25) is 0 Å². The molecule has 86 valence electrons. The second-order valence-electron chi connectivity index (χ2n) is 5.55. The third kappa shape index (κ3) is 1.59. The molecule has 0 saturated heterocycles. The molecule has 0 amide bonds. The minimum absolute atomic E-state index is 0.344. The van der Waals surface area contributed by atoms with Gasteiger partial charge in [0, 0.05) is 6.42 Å². The van der Waals surface area contributed by atoms with Gasteiger partial charge in [-0.15, -0.1) is 0 Å². The van der Waals surface area contributed by atoms with Gasteiger partial charge in [-0.1, -0.05) is 43.7 Å². The van der Waals surface area contributed by atoms with E-state index in [2.05, 4.69) is 52.0 Å². The Morgan fingerprint density at radius 2 is 2.06 bits per heavy atom. The monoisotopic (exact) mass is 216 g/mol. The highest BCUT2D eigenvalue weighted by molar-refractivity contribution is 5.94. The summed E-state index contributed by atoms with van der Waals surface area (Å²) in [7, 11) is 0. The Bertz CT molecular complexity index is 409. The zero-order valence-corrected chi connectivity index (χ0v) is 10.6. The van der Waals surface area contributed by atoms with Gasteiger partial charge in [-0.25, -0.2) is 0 Å². The highest BCUT2D eigenvalue weighted by atomic mass is 16.1. The molecule has 16 heavy (non-hydrogen) atoms. The van der Waals surface area contributed by atoms with E-state index in [0.717, 1.165) is 0 Å². The minimum Gasteiger partial charge on any atom is -0.298 e. The van der Waals surface area contributed by atoms with E-state index < -0.39 is 0 Å². The predicted octanol–water partition coefficient (Wildman–Crippen LogP) is 3.68. The molecule has 0 radical (unpaired) electrons. The standard InChI is InChI=1S/C15H20O/c1-10(2)12-9-14(16)15(4)8-7-11(3)5-6-13(12)15/h5-8,10,12H,9H2,1-4H3/t12-,15+/m0/s1. The molecule has 1 fully saturated rings. The van der Waals surface area contributed by atoms with E-state index in [1.807, 2.05) is 0 Å². The topological polar surface area (TPSA) is 17.1 Å². The van der Waals surface area contributed by atoms with Gasteiger partial charge in [0.2, 0.25) is 0 Å². The lowest BCUT2D eigenvalue weighted by molar-refractivity contribution is -0.122. The van der Waals surface area contributed by atoms with Crippen LogP contribution in [-0.4, -0.2) is 5.78 Å². The van der Waals surface area contributed by atoms with Crippen LogP contribution in [0.5, 0.6) is 0 Å². The number of carbonyl (C=O) groups is 1. The molecule has 0 unspecified atom stereocenters. The van der Waals surface area contributed by atoms with Crippen LogP contribution in [0.4, 0.5) is 0 Å². The molecule has 2 atom stereocenters. The van der Waals surface area contributed by atoms with Crippen LogP contribution in [0.1, 0.15) is 34.1 Å². The number of carbonyl (C=O) groups excluding carboxylic acids is 1. The van der Waals surface area contributed by atoms with Crippen molar-refractivity contribution >= 4 is 5.78 Å². The van der Waals surface area contributed by atoms with Crippen LogP contribution in [0.25, 0.3) is 0 Å². The number of Topliss-reactive ketones (excluding diaryl/α,β-unsaturated/α-hetero) is 1. The minimum atomic E-state index is -0.344. The first-order valence-electron chi connectivity index (χ1n) is 6.06. The van der Waals surface area contributed by atoms with Crippen LogP contribution >= 0.6 is 0 Å². The first-order valence-corrected chi connectivity index (χ1v) is 6.06. The van der Waals surface area contributed by atoms with Gasteiger partial charge >= 0.3 is 0 Å². The lowest BCUT2D eigenvalue weighted by Gasteiger charge is -2.23. The summed E-state index contributed by atoms with van der Waals surface area (Å²) >= 11 is 0. The number of hydrogen-bond acceptors (Lipinski definition) is 1. The van der Waals surface area contributed by atoms with Gasteiger partial charge in [-0.3, -0.25) is 4.79 Å². The van der Waals surface area contributed by atoms with E-state index in [-0.39, 0.29) is 5.41 Å². The van der Waals surface area contributed by atoms with Crippen LogP contribution in [0.15, 0.2) is 35.5 Å². The SMILES string of the molecule is CC1=CC=C2[C@H](C(C)C)CC(=O)[C@]2(C)C=C1. The third-order valence-corrected chi connectivity index (χ3v) is 3.99. The number of fused-ring (bicyclic) bond motifs is 1. The summed E-state index contributed by atoms with van der Waals surface area (Å²) in [6, 6.07) is 0. The lowest BCUT2D eigenvalue weighted by Crippen LogP contribution is -2.21. The highest BCUT2D eigenvalue weighted by Crippen LogP contribution is 2.48. The average Bonchev–Trinajstić information content (AvgIpc) is 2.36. The zero-order chi connectivity index (χ0) is 11.9. The van der Waals surface area contributed by atoms with Crippen LogP contribution < -0.4 is 0 Å². The molecule has 2 aliphatic rings. The maximum Gasteiger partial charge on any atom is 0.147 e. The Morgan fingerprint density at radius 3 is 2.69 bits per heavy atom. The Labute approximate surface area is 97.9 Å². The Kier molecular flexibility index (Phi) is 2.65. The van der Waals surface area contributed by atoms with Gasteiger partial charge in [-0.2, -0.15) is 0 Å². The van der Waals surface area contributed by atoms with E-state index in [4.69, 9.17) is 0 Å². The quantitative estimate of drug-likeness (QED) is 0.653. The molecular weight excluding hydrogens is 196 g/mol. The van der Waals surface area contributed by atoms with E-state index in [9.17, 15) is 4.79 Å². The summed E-state index contributed by atoms with van der Waals surface area (Å²) in [6.07, 6.45) is 9.17. The second-order valence-corrected chi connectivity index (χ2v) is 5.55. The summed E-state index contributed by atoms with van der Waals surface area (Å²) in [6.45, 7) is 8.55. The van der Waals surface area contributed by atoms with Gasteiger partial charge in [0.25, 0.3) is 0 Å². The van der Waals surface area contributed by atoms with Crippen LogP contribution in [0, 0.1) is 17.3 Å². The van der Waals surface area contributed by atoms with Crippen molar-refractivity contribution in [1.82, 2.24) is 0 Å². The van der Waals surface area contributed by atoms with E-state index in [1.165, 1.54) is 11.1 Å². The van der Waals surface area contributed by atoms with Crippen LogP contribution in [0.3, 0.4) is 0 Å². The first kappa shape index (κ1) is 11.4. The first-order chi connectivity index (χ1) is 7.45. The number of hydrogen-bond donors (Lipinski definition) is 0. The predicted molar refractivity (Wildman–Crippen MR) is 67.0 cm³/mol. The van der Waals surface area contributed by atoms with Gasteiger partial charge < -0.3 is 0 Å². The van der Waals surface area contributed by atoms with Crippen molar-refractivity contribution in [2.45, 2.75) is 34.1 Å². The zero-order valence-electron chi connectivity index (χ0n) is 10.6. The normalized spacial score (nSPS) is 33.6. The molecule has 1 nitrogen and oxygen atoms in total. The molecule has 0 aromatic heterocycles. The fourth-order valence-corrected chi connectivity index (χ4v) is 2.72. The van der Waals surface area contributed by atoms with Gasteiger partial charge in [0.1, 0.15) is 5.78 Å². The molecule has 0 bridgehead atoms. The number of ketones is 1. The molecule has 0 aliphatic heterocycles. The molecule has 1 heteroatoms. The molecule has 0 N–H and O–H groups in total. The van der Waals surface area contributed by atoms with Gasteiger partial charge in [0.05, 0.1) is 5.41 Å². The van der Waals surface area contributed by atoms with Crippen molar-refractivity contribution in [2.24, 2.45) is 17.3 Å². The van der Waals surface area contributed by atoms with Gasteiger partial charge in [-0.05, 0) is 31.3 Å². The highest BCUT2D eigenvalue weighted by Gasteiger charge is 2.46. The fraction of sp³-hybridized carbons (Fsp3) is 0.533. The fourth-order valence-electron chi connectivity index (χ4n) is 2.72. The maximum atomic E-state index is 12.2. The summed E-state index contributed by atoms with van der Waals surface area (Å²) < 4.78 is 0. The molecule has 0 aromatic rings. The smallest absolute Gasteiger partial charge is 0.147 e. The molecular formula is C15H20O. The van der Waals surface area contributed by atoms with E-state index >= 15 is 0 Å². The van der Waals surface area contributed by atoms with E-state index in [1.54, 1.807) is 0 Å². The van der Waals surface area contributed by atoms with Crippen molar-refractivity contribution in [2.75, 3.05) is 0 Å². The number of rotatable bonds is 1. The molecule has 0 aromatic carbocycles. The average molecular weight is 216 g/mol. The van der Waals surface area contributed by atoms with Crippen molar-refractivity contribution in [3.8, 4) is 0 Å². The lowest BCUT2D eigenvalue weighted by atomic mass is 9.79. The van der Waals surface area contributed by atoms with Crippen molar-refractivity contribution in [1.29, 1.82) is 0 Å². The molecule has 2 aliphatic carbocycles. The Balaban J connectivity index is 2.50. The summed E-state index contributed by atoms with van der Waals surface area (Å²) in [5.41, 5.74) is 2.18. The third-order valence-electron chi connectivity index (χ3n) is 3.99. The largest absolute Gasteiger partial charge is 0.298 e. The van der Waals surface area contributed by atoms with Crippen molar-refractivity contribution in [3.63, 3.8) is 0 Å². The summed E-state index contributed by atoms with van der Waals surface area (Å²) in [4.78, 5) is 12.2. The molecule has 0 spiro atoms. The molecule has 0 heterocycles. The van der Waals surface area contributed by atoms with E-state index in [0.29, 0.717) is 24.0 Å². The molecule has 2 rings (SSSR count). The van der Waals surface area contributed by atoms with Gasteiger partial charge in [0.15, 0.2) is 0 Å². The van der Waals surface area contributed by atoms with Crippen molar-refractivity contribution in [3.05, 3.63) is 35.5 Å². The maximum absolute atomic E-state index is 12.2.